The maximum Gasteiger partial charge on any atom is 0.355 e. The zero-order chi connectivity index (χ0) is 19.1. The van der Waals surface area contributed by atoms with E-state index in [-0.39, 0.29) is 18.2 Å². The fourth-order valence-electron chi connectivity index (χ4n) is 2.44. The molecule has 0 saturated heterocycles. The second-order valence-electron chi connectivity index (χ2n) is 5.84. The molecule has 0 radical (unpaired) electrons. The van der Waals surface area contributed by atoms with Crippen LogP contribution in [0.5, 0.6) is 0 Å². The lowest BCUT2D eigenvalue weighted by molar-refractivity contribution is -0.141. The monoisotopic (exact) mass is 361 g/mol. The van der Waals surface area contributed by atoms with Crippen LogP contribution in [-0.2, 0) is 20.9 Å². The van der Waals surface area contributed by atoms with E-state index in [1.54, 1.807) is 17.0 Å². The van der Waals surface area contributed by atoms with Gasteiger partial charge in [0.2, 0.25) is 5.91 Å². The summed E-state index contributed by atoms with van der Waals surface area (Å²) in [4.78, 5) is 23.8. The van der Waals surface area contributed by atoms with Crippen LogP contribution in [0.15, 0.2) is 78.8 Å². The zero-order valence-corrected chi connectivity index (χ0v) is 14.8. The van der Waals surface area contributed by atoms with Gasteiger partial charge in [-0.15, -0.1) is 0 Å². The third-order valence-electron chi connectivity index (χ3n) is 3.72. The van der Waals surface area contributed by atoms with Crippen LogP contribution in [0.4, 0.5) is 0 Å². The van der Waals surface area contributed by atoms with Crippen LogP contribution in [0.25, 0.3) is 11.8 Å². The van der Waals surface area contributed by atoms with E-state index in [1.165, 1.54) is 6.92 Å². The molecule has 0 atom stereocenters. The average Bonchev–Trinajstić information content (AvgIpc) is 3.21. The average molecular weight is 361 g/mol. The molecule has 2 aromatic carbocycles. The minimum atomic E-state index is -0.592. The zero-order valence-electron chi connectivity index (χ0n) is 14.8. The van der Waals surface area contributed by atoms with Gasteiger partial charge in [0.05, 0.1) is 5.69 Å². The SMILES string of the molecule is CC(=O)N/C(=C\c1ccccc1)C(=O)OCc1ccc(-n2cccn2)cc1. The number of carbonyl (C=O) groups is 2. The van der Waals surface area contributed by atoms with E-state index in [0.717, 1.165) is 16.8 Å². The lowest BCUT2D eigenvalue weighted by Crippen LogP contribution is -2.26. The summed E-state index contributed by atoms with van der Waals surface area (Å²) in [5.74, 6) is -0.928. The highest BCUT2D eigenvalue weighted by atomic mass is 16.5. The van der Waals surface area contributed by atoms with Gasteiger partial charge in [0.25, 0.3) is 0 Å². The number of amides is 1. The number of nitrogens with one attached hydrogen (secondary N) is 1. The van der Waals surface area contributed by atoms with Gasteiger partial charge in [-0.05, 0) is 35.4 Å². The topological polar surface area (TPSA) is 73.2 Å². The standard InChI is InChI=1S/C21H19N3O3/c1-16(25)23-20(14-17-6-3-2-4-7-17)21(26)27-15-18-8-10-19(11-9-18)24-13-5-12-22-24/h2-14H,15H2,1H3,(H,23,25)/b20-14-. The Balaban J connectivity index is 1.67. The summed E-state index contributed by atoms with van der Waals surface area (Å²) in [5, 5.41) is 6.69. The summed E-state index contributed by atoms with van der Waals surface area (Å²) in [6.45, 7) is 1.45. The summed E-state index contributed by atoms with van der Waals surface area (Å²) in [5.41, 5.74) is 2.64. The highest BCUT2D eigenvalue weighted by Gasteiger charge is 2.13. The fourth-order valence-corrected chi connectivity index (χ4v) is 2.44. The maximum atomic E-state index is 12.4. The molecule has 6 heteroatoms. The van der Waals surface area contributed by atoms with Gasteiger partial charge < -0.3 is 10.1 Å². The molecule has 3 rings (SSSR count). The van der Waals surface area contributed by atoms with Gasteiger partial charge in [-0.25, -0.2) is 9.48 Å². The summed E-state index contributed by atoms with van der Waals surface area (Å²) in [6.07, 6.45) is 5.14. The largest absolute Gasteiger partial charge is 0.456 e. The Morgan fingerprint density at radius 2 is 1.81 bits per heavy atom. The van der Waals surface area contributed by atoms with Gasteiger partial charge in [0.15, 0.2) is 0 Å². The first kappa shape index (κ1) is 18.1. The molecule has 27 heavy (non-hydrogen) atoms. The fraction of sp³-hybridized carbons (Fsp3) is 0.0952. The van der Waals surface area contributed by atoms with Crippen molar-refractivity contribution in [1.29, 1.82) is 0 Å². The van der Waals surface area contributed by atoms with Crippen molar-refractivity contribution in [2.75, 3.05) is 0 Å². The van der Waals surface area contributed by atoms with Crippen molar-refractivity contribution in [3.05, 3.63) is 89.9 Å². The Morgan fingerprint density at radius 3 is 2.44 bits per heavy atom. The molecular weight excluding hydrogens is 342 g/mol. The maximum absolute atomic E-state index is 12.4. The highest BCUT2D eigenvalue weighted by molar-refractivity contribution is 5.97. The molecule has 0 unspecified atom stereocenters. The van der Waals surface area contributed by atoms with Crippen molar-refractivity contribution in [3.8, 4) is 5.69 Å². The third kappa shape index (κ3) is 5.15. The summed E-state index contributed by atoms with van der Waals surface area (Å²) in [6, 6.07) is 18.6. The first-order valence-electron chi connectivity index (χ1n) is 8.42. The molecule has 1 heterocycles. The number of rotatable bonds is 6. The molecule has 1 amide bonds. The van der Waals surface area contributed by atoms with Crippen LogP contribution in [0.3, 0.4) is 0 Å². The minimum Gasteiger partial charge on any atom is -0.456 e. The van der Waals surface area contributed by atoms with Gasteiger partial charge in [0, 0.05) is 19.3 Å². The predicted octanol–water partition coefficient (Wildman–Crippen LogP) is 3.09. The van der Waals surface area contributed by atoms with Crippen molar-refractivity contribution in [1.82, 2.24) is 15.1 Å². The van der Waals surface area contributed by atoms with E-state index in [0.29, 0.717) is 0 Å². The third-order valence-corrected chi connectivity index (χ3v) is 3.72. The Hall–Kier alpha value is -3.67. The second-order valence-corrected chi connectivity index (χ2v) is 5.84. The molecular formula is C21H19N3O3. The van der Waals surface area contributed by atoms with Gasteiger partial charge in [-0.3, -0.25) is 4.79 Å². The number of hydrogen-bond donors (Lipinski definition) is 1. The van der Waals surface area contributed by atoms with Gasteiger partial charge in [0.1, 0.15) is 12.3 Å². The Morgan fingerprint density at radius 1 is 1.07 bits per heavy atom. The number of aromatic nitrogens is 2. The first-order valence-corrected chi connectivity index (χ1v) is 8.42. The van der Waals surface area contributed by atoms with E-state index in [9.17, 15) is 9.59 Å². The molecule has 6 nitrogen and oxygen atoms in total. The van der Waals surface area contributed by atoms with Gasteiger partial charge in [-0.1, -0.05) is 42.5 Å². The number of hydrogen-bond acceptors (Lipinski definition) is 4. The first-order chi connectivity index (χ1) is 13.1. The molecule has 0 saturated carbocycles. The number of ether oxygens (including phenoxy) is 1. The van der Waals surface area contributed by atoms with Crippen molar-refractivity contribution in [2.45, 2.75) is 13.5 Å². The van der Waals surface area contributed by atoms with Crippen LogP contribution in [0.1, 0.15) is 18.1 Å². The smallest absolute Gasteiger partial charge is 0.355 e. The summed E-state index contributed by atoms with van der Waals surface area (Å²) in [7, 11) is 0. The predicted molar refractivity (Wildman–Crippen MR) is 102 cm³/mol. The van der Waals surface area contributed by atoms with Gasteiger partial charge >= 0.3 is 5.97 Å². The van der Waals surface area contributed by atoms with Gasteiger partial charge in [-0.2, -0.15) is 5.10 Å². The van der Waals surface area contributed by atoms with Crippen molar-refractivity contribution < 1.29 is 14.3 Å². The Labute approximate surface area is 157 Å². The van der Waals surface area contributed by atoms with E-state index in [2.05, 4.69) is 10.4 Å². The van der Waals surface area contributed by atoms with Crippen molar-refractivity contribution in [3.63, 3.8) is 0 Å². The highest BCUT2D eigenvalue weighted by Crippen LogP contribution is 2.11. The lowest BCUT2D eigenvalue weighted by atomic mass is 10.2. The lowest BCUT2D eigenvalue weighted by Gasteiger charge is -2.10. The molecule has 0 aliphatic rings. The van der Waals surface area contributed by atoms with Crippen LogP contribution in [0.2, 0.25) is 0 Å². The summed E-state index contributed by atoms with van der Waals surface area (Å²) >= 11 is 0. The van der Waals surface area contributed by atoms with E-state index >= 15 is 0 Å². The molecule has 1 aromatic heterocycles. The number of nitrogens with zero attached hydrogens (tertiary/aromatic N) is 2. The number of benzene rings is 2. The van der Waals surface area contributed by atoms with Crippen LogP contribution in [0, 0.1) is 0 Å². The normalized spacial score (nSPS) is 11.1. The van der Waals surface area contributed by atoms with Crippen molar-refractivity contribution >= 4 is 18.0 Å². The second kappa shape index (κ2) is 8.62. The van der Waals surface area contributed by atoms with E-state index in [4.69, 9.17) is 4.74 Å². The van der Waals surface area contributed by atoms with E-state index in [1.807, 2.05) is 66.9 Å². The minimum absolute atomic E-state index is 0.0989. The number of carbonyl (C=O) groups excluding carboxylic acids is 2. The van der Waals surface area contributed by atoms with Crippen molar-refractivity contribution in [2.24, 2.45) is 0 Å². The summed E-state index contributed by atoms with van der Waals surface area (Å²) < 4.78 is 7.09. The molecule has 136 valence electrons. The molecule has 0 aliphatic carbocycles. The molecule has 3 aromatic rings. The molecule has 0 bridgehead atoms. The number of esters is 1. The van der Waals surface area contributed by atoms with Crippen LogP contribution >= 0.6 is 0 Å². The quantitative estimate of drug-likeness (QED) is 0.541. The molecule has 0 aliphatic heterocycles. The van der Waals surface area contributed by atoms with E-state index < -0.39 is 5.97 Å². The molecule has 1 N–H and O–H groups in total. The van der Waals surface area contributed by atoms with Crippen LogP contribution in [-0.4, -0.2) is 21.7 Å². The Bertz CT molecular complexity index is 931. The molecule has 0 fully saturated rings. The molecule has 0 spiro atoms. The Kier molecular flexibility index (Phi) is 5.79. The van der Waals surface area contributed by atoms with Crippen LogP contribution < -0.4 is 5.32 Å².